The molecule has 2 aromatic rings. The van der Waals surface area contributed by atoms with Gasteiger partial charge in [0.1, 0.15) is 0 Å². The molecular weight excluding hydrogens is 212 g/mol. The van der Waals surface area contributed by atoms with Crippen molar-refractivity contribution in [1.82, 2.24) is 0 Å². The summed E-state index contributed by atoms with van der Waals surface area (Å²) in [5.74, 6) is -2.39. The van der Waals surface area contributed by atoms with Crippen LogP contribution in [-0.2, 0) is 11.2 Å². The quantitative estimate of drug-likeness (QED) is 0.873. The third-order valence-electron chi connectivity index (χ3n) is 2.46. The zero-order valence-electron chi connectivity index (χ0n) is 11.2. The molecule has 0 saturated carbocycles. The third-order valence-corrected chi connectivity index (χ3v) is 2.46. The Morgan fingerprint density at radius 2 is 1.59 bits per heavy atom. The van der Waals surface area contributed by atoms with E-state index >= 15 is 0 Å². The Balaban J connectivity index is 2.48. The van der Waals surface area contributed by atoms with Crippen LogP contribution in [0, 0.1) is 0 Å². The number of carboxylic acid groups (broad SMARTS) is 1. The SMILES string of the molecule is [2H]C([2H])(c1ccccc1)C(C(=O)O)c1ccccc1. The maximum Gasteiger partial charge on any atom is 0.311 e. The maximum atomic E-state index is 11.5. The van der Waals surface area contributed by atoms with E-state index in [1.54, 1.807) is 60.7 Å². The van der Waals surface area contributed by atoms with E-state index in [9.17, 15) is 9.90 Å². The molecule has 0 amide bonds. The van der Waals surface area contributed by atoms with Crippen LogP contribution in [0.4, 0.5) is 0 Å². The summed E-state index contributed by atoms with van der Waals surface area (Å²) in [5, 5.41) is 9.38. The predicted octanol–water partition coefficient (Wildman–Crippen LogP) is 3.10. The van der Waals surface area contributed by atoms with E-state index in [4.69, 9.17) is 2.74 Å². The van der Waals surface area contributed by atoms with Crippen molar-refractivity contribution in [3.63, 3.8) is 0 Å². The van der Waals surface area contributed by atoms with Gasteiger partial charge in [-0.2, -0.15) is 0 Å². The molecule has 0 bridgehead atoms. The minimum atomic E-state index is -1.96. The van der Waals surface area contributed by atoms with Gasteiger partial charge >= 0.3 is 5.97 Å². The first-order valence-corrected chi connectivity index (χ1v) is 5.37. The standard InChI is InChI=1S/C15H14O2/c16-15(17)14(13-9-5-2-6-10-13)11-12-7-3-1-4-8-12/h1-10,14H,11H2,(H,16,17)/i11D2. The van der Waals surface area contributed by atoms with Crippen LogP contribution in [-0.4, -0.2) is 11.1 Å². The fourth-order valence-electron chi connectivity index (χ4n) is 1.63. The predicted molar refractivity (Wildman–Crippen MR) is 67.0 cm³/mol. The Hall–Kier alpha value is -2.09. The summed E-state index contributed by atoms with van der Waals surface area (Å²) in [5.41, 5.74) is 0.829. The molecule has 0 fully saturated rings. The second-order valence-corrected chi connectivity index (χ2v) is 3.69. The first kappa shape index (κ1) is 8.99. The summed E-state index contributed by atoms with van der Waals surface area (Å²) >= 11 is 0. The summed E-state index contributed by atoms with van der Waals surface area (Å²) in [6.07, 6.45) is -1.96. The summed E-state index contributed by atoms with van der Waals surface area (Å²) in [4.78, 5) is 11.5. The molecule has 2 heteroatoms. The minimum absolute atomic E-state index is 0.367. The molecule has 1 N–H and O–H groups in total. The summed E-state index contributed by atoms with van der Waals surface area (Å²) in [6, 6.07) is 16.9. The molecule has 0 radical (unpaired) electrons. The van der Waals surface area contributed by atoms with Crippen molar-refractivity contribution >= 4 is 5.97 Å². The second kappa shape index (κ2) is 5.30. The number of carbonyl (C=O) groups is 1. The largest absolute Gasteiger partial charge is 0.481 e. The van der Waals surface area contributed by atoms with Gasteiger partial charge in [-0.1, -0.05) is 60.7 Å². The molecule has 1 atom stereocenters. The van der Waals surface area contributed by atoms with Gasteiger partial charge in [0.2, 0.25) is 0 Å². The Labute approximate surface area is 103 Å². The average molecular weight is 228 g/mol. The highest BCUT2D eigenvalue weighted by Gasteiger charge is 2.19. The molecule has 2 nitrogen and oxygen atoms in total. The fraction of sp³-hybridized carbons (Fsp3) is 0.133. The van der Waals surface area contributed by atoms with Gasteiger partial charge in [-0.15, -0.1) is 0 Å². The average Bonchev–Trinajstić information content (AvgIpc) is 2.40. The van der Waals surface area contributed by atoms with Crippen LogP contribution in [0.1, 0.15) is 19.8 Å². The molecule has 0 aliphatic heterocycles. The van der Waals surface area contributed by atoms with Crippen molar-refractivity contribution < 1.29 is 12.6 Å². The molecule has 0 aliphatic carbocycles. The van der Waals surface area contributed by atoms with E-state index in [0.29, 0.717) is 11.1 Å². The molecule has 17 heavy (non-hydrogen) atoms. The first-order chi connectivity index (χ1) is 9.03. The monoisotopic (exact) mass is 228 g/mol. The van der Waals surface area contributed by atoms with Gasteiger partial charge < -0.3 is 5.11 Å². The summed E-state index contributed by atoms with van der Waals surface area (Å²) in [6.45, 7) is 0. The molecule has 2 rings (SSSR count). The lowest BCUT2D eigenvalue weighted by Crippen LogP contribution is -2.14. The number of hydrogen-bond acceptors (Lipinski definition) is 1. The Morgan fingerprint density at radius 3 is 2.12 bits per heavy atom. The van der Waals surface area contributed by atoms with Gasteiger partial charge in [0.25, 0.3) is 0 Å². The van der Waals surface area contributed by atoms with E-state index < -0.39 is 18.3 Å². The van der Waals surface area contributed by atoms with Crippen LogP contribution >= 0.6 is 0 Å². The number of hydrogen-bond donors (Lipinski definition) is 1. The second-order valence-electron chi connectivity index (χ2n) is 3.69. The van der Waals surface area contributed by atoms with Crippen molar-refractivity contribution in [3.05, 3.63) is 71.8 Å². The van der Waals surface area contributed by atoms with Crippen molar-refractivity contribution in [1.29, 1.82) is 0 Å². The lowest BCUT2D eigenvalue weighted by Gasteiger charge is -2.12. The van der Waals surface area contributed by atoms with Crippen LogP contribution < -0.4 is 0 Å². The van der Waals surface area contributed by atoms with E-state index in [-0.39, 0.29) is 0 Å². The van der Waals surface area contributed by atoms with Crippen molar-refractivity contribution in [3.8, 4) is 0 Å². The number of rotatable bonds is 4. The summed E-state index contributed by atoms with van der Waals surface area (Å²) < 4.78 is 16.4. The van der Waals surface area contributed by atoms with Gasteiger partial charge in [0.05, 0.1) is 5.92 Å². The zero-order chi connectivity index (χ0) is 13.9. The molecule has 1 unspecified atom stereocenters. The number of carboxylic acids is 1. The Bertz CT molecular complexity index is 553. The van der Waals surface area contributed by atoms with Crippen LogP contribution in [0.15, 0.2) is 60.7 Å². The molecule has 0 spiro atoms. The van der Waals surface area contributed by atoms with Gasteiger partial charge in [-0.3, -0.25) is 4.79 Å². The molecule has 86 valence electrons. The van der Waals surface area contributed by atoms with E-state index in [0.717, 1.165) is 0 Å². The van der Waals surface area contributed by atoms with Crippen molar-refractivity contribution in [2.24, 2.45) is 0 Å². The molecule has 0 aliphatic rings. The Kier molecular flexibility index (Phi) is 2.81. The highest BCUT2D eigenvalue weighted by molar-refractivity contribution is 5.76. The Morgan fingerprint density at radius 1 is 1.06 bits per heavy atom. The van der Waals surface area contributed by atoms with Crippen LogP contribution in [0.3, 0.4) is 0 Å². The first-order valence-electron chi connectivity index (χ1n) is 6.37. The maximum absolute atomic E-state index is 11.5. The number of aliphatic carboxylic acids is 1. The van der Waals surface area contributed by atoms with Crippen LogP contribution in [0.25, 0.3) is 0 Å². The topological polar surface area (TPSA) is 37.3 Å². The lowest BCUT2D eigenvalue weighted by atomic mass is 9.92. The minimum Gasteiger partial charge on any atom is -0.481 e. The lowest BCUT2D eigenvalue weighted by molar-refractivity contribution is -0.138. The molecule has 0 heterocycles. The van der Waals surface area contributed by atoms with Crippen LogP contribution in [0.5, 0.6) is 0 Å². The molecule has 0 saturated heterocycles. The van der Waals surface area contributed by atoms with Gasteiger partial charge in [-0.25, -0.2) is 0 Å². The zero-order valence-corrected chi connectivity index (χ0v) is 9.21. The van der Waals surface area contributed by atoms with Crippen molar-refractivity contribution in [2.75, 3.05) is 0 Å². The normalized spacial score (nSPS) is 14.6. The van der Waals surface area contributed by atoms with E-state index in [2.05, 4.69) is 0 Å². The molecule has 2 aromatic carbocycles. The fourth-order valence-corrected chi connectivity index (χ4v) is 1.63. The van der Waals surface area contributed by atoms with Gasteiger partial charge in [0.15, 0.2) is 0 Å². The third kappa shape index (κ3) is 2.94. The highest BCUT2D eigenvalue weighted by atomic mass is 16.4. The summed E-state index contributed by atoms with van der Waals surface area (Å²) in [7, 11) is 0. The number of benzene rings is 2. The smallest absolute Gasteiger partial charge is 0.311 e. The molecule has 0 aromatic heterocycles. The van der Waals surface area contributed by atoms with Crippen LogP contribution in [0.2, 0.25) is 0 Å². The van der Waals surface area contributed by atoms with Gasteiger partial charge in [-0.05, 0) is 17.5 Å². The molecular formula is C15H14O2. The van der Waals surface area contributed by atoms with E-state index in [1.165, 1.54) is 0 Å². The van der Waals surface area contributed by atoms with E-state index in [1.807, 2.05) is 0 Å². The highest BCUT2D eigenvalue weighted by Crippen LogP contribution is 2.20. The van der Waals surface area contributed by atoms with Crippen molar-refractivity contribution in [2.45, 2.75) is 12.3 Å². The van der Waals surface area contributed by atoms with Gasteiger partial charge in [0, 0.05) is 2.74 Å².